The van der Waals surface area contributed by atoms with Gasteiger partial charge in [-0.2, -0.15) is 13.2 Å². The molecule has 0 spiro atoms. The van der Waals surface area contributed by atoms with Gasteiger partial charge in [-0.3, -0.25) is 4.79 Å². The van der Waals surface area contributed by atoms with Gasteiger partial charge >= 0.3 is 6.18 Å². The van der Waals surface area contributed by atoms with Gasteiger partial charge in [0.25, 0.3) is 0 Å². The second kappa shape index (κ2) is 10.9. The molecule has 4 rings (SSSR count). The Morgan fingerprint density at radius 2 is 2.00 bits per heavy atom. The predicted molar refractivity (Wildman–Crippen MR) is 126 cm³/mol. The van der Waals surface area contributed by atoms with Crippen molar-refractivity contribution in [1.82, 2.24) is 10.3 Å². The van der Waals surface area contributed by atoms with Gasteiger partial charge in [0.2, 0.25) is 5.91 Å². The molecule has 0 saturated carbocycles. The van der Waals surface area contributed by atoms with E-state index < -0.39 is 23.9 Å². The highest BCUT2D eigenvalue weighted by atomic mass is 35.5. The van der Waals surface area contributed by atoms with Crippen LogP contribution in [0, 0.1) is 17.8 Å². The van der Waals surface area contributed by atoms with Crippen molar-refractivity contribution in [3.63, 3.8) is 0 Å². The minimum absolute atomic E-state index is 0.171. The molecular formula is C24H28ClF3N4O2. The molecule has 0 radical (unpaired) electrons. The van der Waals surface area contributed by atoms with Crippen molar-refractivity contribution in [2.45, 2.75) is 25.4 Å². The summed E-state index contributed by atoms with van der Waals surface area (Å²) in [5, 5.41) is 9.25. The molecule has 2 atom stereocenters. The minimum atomic E-state index is -4.33. The molecule has 1 aromatic carbocycles. The minimum Gasteiger partial charge on any atom is -0.385 e. The van der Waals surface area contributed by atoms with Crippen LogP contribution in [0.15, 0.2) is 36.5 Å². The van der Waals surface area contributed by atoms with Gasteiger partial charge < -0.3 is 20.7 Å². The zero-order valence-electron chi connectivity index (χ0n) is 18.6. The van der Waals surface area contributed by atoms with Gasteiger partial charge in [0, 0.05) is 50.3 Å². The number of carbonyl (C=O) groups excluding carboxylic acids is 1. The number of nitrogens with one attached hydrogen (secondary N) is 3. The van der Waals surface area contributed by atoms with Gasteiger partial charge in [0.05, 0.1) is 16.9 Å². The Balaban J connectivity index is 1.43. The molecule has 10 heteroatoms. The van der Waals surface area contributed by atoms with Crippen LogP contribution in [0.4, 0.5) is 24.7 Å². The zero-order chi connectivity index (χ0) is 24.1. The summed E-state index contributed by atoms with van der Waals surface area (Å²) < 4.78 is 44.6. The molecule has 2 aromatic rings. The van der Waals surface area contributed by atoms with E-state index >= 15 is 0 Å². The smallest absolute Gasteiger partial charge is 0.385 e. The normalized spacial score (nSPS) is 21.8. The van der Waals surface area contributed by atoms with E-state index in [9.17, 15) is 18.0 Å². The van der Waals surface area contributed by atoms with Gasteiger partial charge in [-0.1, -0.05) is 23.7 Å². The Kier molecular flexibility index (Phi) is 7.95. The lowest BCUT2D eigenvalue weighted by Crippen LogP contribution is -2.46. The van der Waals surface area contributed by atoms with Gasteiger partial charge in [-0.25, -0.2) is 4.98 Å². The van der Waals surface area contributed by atoms with Crippen molar-refractivity contribution < 1.29 is 22.7 Å². The molecule has 3 N–H and O–H groups in total. The van der Waals surface area contributed by atoms with E-state index in [2.05, 4.69) is 20.9 Å². The lowest BCUT2D eigenvalue weighted by atomic mass is 9.89. The monoisotopic (exact) mass is 496 g/mol. The molecule has 3 heterocycles. The number of alkyl halides is 3. The fourth-order valence-electron chi connectivity index (χ4n) is 4.36. The average molecular weight is 497 g/mol. The fourth-order valence-corrected chi connectivity index (χ4v) is 4.57. The molecule has 2 unspecified atom stereocenters. The van der Waals surface area contributed by atoms with E-state index in [1.165, 1.54) is 6.20 Å². The van der Waals surface area contributed by atoms with E-state index in [4.69, 9.17) is 16.3 Å². The number of halogens is 4. The van der Waals surface area contributed by atoms with Crippen LogP contribution in [0.3, 0.4) is 0 Å². The van der Waals surface area contributed by atoms with Crippen molar-refractivity contribution in [2.75, 3.05) is 43.5 Å². The van der Waals surface area contributed by atoms with Gasteiger partial charge in [-0.15, -0.1) is 0 Å². The summed E-state index contributed by atoms with van der Waals surface area (Å²) in [6, 6.07) is 9.43. The van der Waals surface area contributed by atoms with Crippen LogP contribution in [0.25, 0.3) is 11.1 Å². The van der Waals surface area contributed by atoms with E-state index in [1.807, 2.05) is 24.3 Å². The maximum absolute atomic E-state index is 13.1. The van der Waals surface area contributed by atoms with Gasteiger partial charge in [-0.05, 0) is 48.9 Å². The number of piperidine rings is 1. The van der Waals surface area contributed by atoms with Crippen molar-refractivity contribution in [1.29, 1.82) is 0 Å². The second-order valence-corrected chi connectivity index (χ2v) is 9.29. The molecule has 6 nitrogen and oxygen atoms in total. The van der Waals surface area contributed by atoms with Gasteiger partial charge in [0.1, 0.15) is 5.82 Å². The standard InChI is InChI=1S/C24H28ClF3N4O2/c25-21-14-31-22(32-23(33)17-8-18(13-29-12-17)24(26,27)28)10-20(21)16-2-1-3-19(9-16)30-11-15-4-6-34-7-5-15/h1-3,9-10,14-15,17-18,29-30H,4-8,11-13H2,(H,31,32,33). The summed E-state index contributed by atoms with van der Waals surface area (Å²) in [6.45, 7) is 2.46. The number of amides is 1. The van der Waals surface area contributed by atoms with Gasteiger partial charge in [0.15, 0.2) is 0 Å². The SMILES string of the molecule is O=C(Nc1cc(-c2cccc(NCC3CCOCC3)c2)c(Cl)cn1)C1CNCC(C(F)(F)F)C1. The number of hydrogen-bond donors (Lipinski definition) is 3. The van der Waals surface area contributed by atoms with Crippen molar-refractivity contribution in [2.24, 2.45) is 17.8 Å². The summed E-state index contributed by atoms with van der Waals surface area (Å²) in [5.74, 6) is -2.01. The molecule has 2 aliphatic rings. The molecule has 2 saturated heterocycles. The second-order valence-electron chi connectivity index (χ2n) is 8.89. The molecule has 0 aliphatic carbocycles. The Bertz CT molecular complexity index is 998. The maximum Gasteiger partial charge on any atom is 0.393 e. The third-order valence-electron chi connectivity index (χ3n) is 6.40. The van der Waals surface area contributed by atoms with Crippen LogP contribution in [0.1, 0.15) is 19.3 Å². The molecule has 2 fully saturated rings. The van der Waals surface area contributed by atoms with E-state index in [0.717, 1.165) is 43.9 Å². The van der Waals surface area contributed by atoms with Crippen molar-refractivity contribution >= 4 is 29.0 Å². The number of nitrogens with zero attached hydrogens (tertiary/aromatic N) is 1. The molecule has 1 aromatic heterocycles. The Hall–Kier alpha value is -2.36. The summed E-state index contributed by atoms with van der Waals surface area (Å²) in [6.07, 6.45) is -1.07. The van der Waals surface area contributed by atoms with Crippen LogP contribution in [0.5, 0.6) is 0 Å². The number of pyridine rings is 1. The molecule has 1 amide bonds. The highest BCUT2D eigenvalue weighted by Crippen LogP contribution is 2.34. The lowest BCUT2D eigenvalue weighted by molar-refractivity contribution is -0.181. The van der Waals surface area contributed by atoms with Crippen LogP contribution in [0.2, 0.25) is 5.02 Å². The first kappa shape index (κ1) is 24.8. The average Bonchev–Trinajstić information content (AvgIpc) is 2.84. The first-order valence-corrected chi connectivity index (χ1v) is 11.8. The van der Waals surface area contributed by atoms with Crippen molar-refractivity contribution in [3.05, 3.63) is 41.6 Å². The van der Waals surface area contributed by atoms with E-state index in [0.29, 0.717) is 16.5 Å². The van der Waals surface area contributed by atoms with Crippen LogP contribution < -0.4 is 16.0 Å². The molecule has 184 valence electrons. The first-order chi connectivity index (χ1) is 16.3. The summed E-state index contributed by atoms with van der Waals surface area (Å²) in [5.41, 5.74) is 2.47. The number of anilines is 2. The summed E-state index contributed by atoms with van der Waals surface area (Å²) in [4.78, 5) is 16.8. The van der Waals surface area contributed by atoms with E-state index in [1.54, 1.807) is 6.07 Å². The Morgan fingerprint density at radius 1 is 1.21 bits per heavy atom. The largest absolute Gasteiger partial charge is 0.393 e. The number of benzene rings is 1. The summed E-state index contributed by atoms with van der Waals surface area (Å²) >= 11 is 6.39. The van der Waals surface area contributed by atoms with Crippen LogP contribution >= 0.6 is 11.6 Å². The Labute approximate surface area is 201 Å². The molecule has 2 aliphatic heterocycles. The number of aromatic nitrogens is 1. The number of ether oxygens (including phenoxy) is 1. The lowest BCUT2D eigenvalue weighted by Gasteiger charge is -2.30. The zero-order valence-corrected chi connectivity index (χ0v) is 19.4. The molecule has 34 heavy (non-hydrogen) atoms. The number of carbonyl (C=O) groups is 1. The van der Waals surface area contributed by atoms with Crippen LogP contribution in [-0.4, -0.2) is 49.9 Å². The highest BCUT2D eigenvalue weighted by molar-refractivity contribution is 6.33. The quantitative estimate of drug-likeness (QED) is 0.526. The molecule has 0 bridgehead atoms. The number of rotatable bonds is 6. The third kappa shape index (κ3) is 6.40. The summed E-state index contributed by atoms with van der Waals surface area (Å²) in [7, 11) is 0. The first-order valence-electron chi connectivity index (χ1n) is 11.5. The van der Waals surface area contributed by atoms with E-state index in [-0.39, 0.29) is 25.3 Å². The third-order valence-corrected chi connectivity index (χ3v) is 6.70. The fraction of sp³-hybridized carbons (Fsp3) is 0.500. The highest BCUT2D eigenvalue weighted by Gasteiger charge is 2.43. The molecular weight excluding hydrogens is 469 g/mol. The predicted octanol–water partition coefficient (Wildman–Crippen LogP) is 4.97. The Morgan fingerprint density at radius 3 is 2.76 bits per heavy atom. The topological polar surface area (TPSA) is 75.3 Å². The number of hydrogen-bond acceptors (Lipinski definition) is 5. The van der Waals surface area contributed by atoms with Crippen molar-refractivity contribution in [3.8, 4) is 11.1 Å². The van der Waals surface area contributed by atoms with Crippen LogP contribution in [-0.2, 0) is 9.53 Å². The maximum atomic E-state index is 13.1.